The van der Waals surface area contributed by atoms with Gasteiger partial charge in [-0.3, -0.25) is 4.79 Å². The lowest BCUT2D eigenvalue weighted by atomic mass is 10.1. The Morgan fingerprint density at radius 3 is 2.89 bits per heavy atom. The Morgan fingerprint density at radius 1 is 1.53 bits per heavy atom. The number of carbonyl (C=O) groups excluding carboxylic acids is 1. The van der Waals surface area contributed by atoms with E-state index in [-0.39, 0.29) is 18.0 Å². The van der Waals surface area contributed by atoms with Crippen LogP contribution in [0, 0.1) is 11.3 Å². The van der Waals surface area contributed by atoms with Crippen LogP contribution < -0.4 is 11.1 Å². The quantitative estimate of drug-likeness (QED) is 0.770. The number of nitrogens with zero attached hydrogens (tertiary/aromatic N) is 2. The summed E-state index contributed by atoms with van der Waals surface area (Å²) >= 11 is 0. The summed E-state index contributed by atoms with van der Waals surface area (Å²) in [6.07, 6.45) is 0. The second-order valence-electron chi connectivity index (χ2n) is 5.04. The Kier molecular flexibility index (Phi) is 3.72. The number of nitrogens with two attached hydrogens (primary N) is 1. The van der Waals surface area contributed by atoms with Gasteiger partial charge in [0.25, 0.3) is 0 Å². The molecule has 1 aromatic rings. The second-order valence-corrected chi connectivity index (χ2v) is 5.04. The average Bonchev–Trinajstić information content (AvgIpc) is 2.35. The number of nitrogens with one attached hydrogen (secondary N) is 1. The maximum Gasteiger partial charge on any atom is 0.239 e. The first-order valence-electron chi connectivity index (χ1n) is 6.34. The Bertz CT molecular complexity index is 535. The molecule has 0 spiro atoms. The van der Waals surface area contributed by atoms with Gasteiger partial charge < -0.3 is 16.0 Å². The van der Waals surface area contributed by atoms with E-state index in [9.17, 15) is 4.79 Å². The number of piperazine rings is 1. The fraction of sp³-hybridized carbons (Fsp3) is 0.429. The highest BCUT2D eigenvalue weighted by Gasteiger charge is 2.28. The molecular formula is C14H18N4O. The van der Waals surface area contributed by atoms with Crippen molar-refractivity contribution in [3.63, 3.8) is 0 Å². The van der Waals surface area contributed by atoms with Gasteiger partial charge in [-0.25, -0.2) is 0 Å². The van der Waals surface area contributed by atoms with Crippen molar-refractivity contribution in [2.75, 3.05) is 12.3 Å². The lowest BCUT2D eigenvalue weighted by molar-refractivity contribution is -0.136. The second kappa shape index (κ2) is 5.29. The van der Waals surface area contributed by atoms with E-state index in [2.05, 4.69) is 12.2 Å². The molecule has 2 atom stereocenters. The van der Waals surface area contributed by atoms with Crippen molar-refractivity contribution in [3.05, 3.63) is 29.3 Å². The third-order valence-electron chi connectivity index (χ3n) is 3.32. The van der Waals surface area contributed by atoms with E-state index >= 15 is 0 Å². The van der Waals surface area contributed by atoms with Gasteiger partial charge in [0.1, 0.15) is 6.07 Å². The van der Waals surface area contributed by atoms with Crippen molar-refractivity contribution >= 4 is 11.6 Å². The van der Waals surface area contributed by atoms with Gasteiger partial charge in [-0.15, -0.1) is 0 Å². The van der Waals surface area contributed by atoms with Crippen LogP contribution in [-0.2, 0) is 11.3 Å². The van der Waals surface area contributed by atoms with Crippen LogP contribution in [0.4, 0.5) is 5.69 Å². The van der Waals surface area contributed by atoms with Crippen molar-refractivity contribution in [3.8, 4) is 6.07 Å². The van der Waals surface area contributed by atoms with E-state index in [4.69, 9.17) is 11.0 Å². The Balaban J connectivity index is 2.14. The molecule has 1 unspecified atom stereocenters. The summed E-state index contributed by atoms with van der Waals surface area (Å²) in [6, 6.07) is 7.47. The molecule has 1 aliphatic heterocycles. The van der Waals surface area contributed by atoms with Gasteiger partial charge in [0.05, 0.1) is 11.6 Å². The maximum absolute atomic E-state index is 12.1. The minimum absolute atomic E-state index is 0.0982. The molecule has 0 aliphatic carbocycles. The van der Waals surface area contributed by atoms with Crippen LogP contribution in [0.2, 0.25) is 0 Å². The van der Waals surface area contributed by atoms with Gasteiger partial charge in [0.2, 0.25) is 5.91 Å². The van der Waals surface area contributed by atoms with Gasteiger partial charge in [-0.2, -0.15) is 5.26 Å². The zero-order valence-electron chi connectivity index (χ0n) is 11.2. The number of carbonyl (C=O) groups is 1. The van der Waals surface area contributed by atoms with Crippen LogP contribution in [0.1, 0.15) is 25.0 Å². The Hall–Kier alpha value is -2.06. The molecule has 3 N–H and O–H groups in total. The summed E-state index contributed by atoms with van der Waals surface area (Å²) in [5.41, 5.74) is 7.67. The molecule has 1 saturated heterocycles. The first-order chi connectivity index (χ1) is 9.01. The highest BCUT2D eigenvalue weighted by molar-refractivity contribution is 5.82. The first-order valence-corrected chi connectivity index (χ1v) is 6.34. The summed E-state index contributed by atoms with van der Waals surface area (Å²) in [4.78, 5) is 13.9. The number of hydrogen-bond donors (Lipinski definition) is 2. The predicted molar refractivity (Wildman–Crippen MR) is 73.0 cm³/mol. The molecule has 0 radical (unpaired) electrons. The van der Waals surface area contributed by atoms with Crippen LogP contribution >= 0.6 is 0 Å². The topological polar surface area (TPSA) is 82.2 Å². The molecule has 0 bridgehead atoms. The van der Waals surface area contributed by atoms with Crippen molar-refractivity contribution in [2.24, 2.45) is 0 Å². The minimum atomic E-state index is -0.153. The molecule has 5 heteroatoms. The summed E-state index contributed by atoms with van der Waals surface area (Å²) in [6.45, 7) is 5.15. The minimum Gasteiger partial charge on any atom is -0.398 e. The van der Waals surface area contributed by atoms with Crippen LogP contribution in [0.25, 0.3) is 0 Å². The summed E-state index contributed by atoms with van der Waals surface area (Å²) < 4.78 is 0. The molecule has 5 nitrogen and oxygen atoms in total. The summed E-state index contributed by atoms with van der Waals surface area (Å²) in [5, 5.41) is 12.1. The highest BCUT2D eigenvalue weighted by Crippen LogP contribution is 2.16. The zero-order chi connectivity index (χ0) is 14.0. The van der Waals surface area contributed by atoms with Crippen molar-refractivity contribution in [1.82, 2.24) is 10.2 Å². The average molecular weight is 258 g/mol. The van der Waals surface area contributed by atoms with Crippen LogP contribution in [0.5, 0.6) is 0 Å². The molecule has 2 rings (SSSR count). The van der Waals surface area contributed by atoms with Crippen LogP contribution in [0.3, 0.4) is 0 Å². The highest BCUT2D eigenvalue weighted by atomic mass is 16.2. The van der Waals surface area contributed by atoms with Gasteiger partial charge in [0, 0.05) is 24.8 Å². The Labute approximate surface area is 113 Å². The fourth-order valence-electron chi connectivity index (χ4n) is 2.42. The number of anilines is 1. The SMILES string of the molecule is CC1CN(Cc2ccc(C#N)c(N)c2)C(=O)[C@H](C)N1. The lowest BCUT2D eigenvalue weighted by Gasteiger charge is -2.35. The molecule has 0 aromatic heterocycles. The smallest absolute Gasteiger partial charge is 0.239 e. The molecule has 100 valence electrons. The normalized spacial score (nSPS) is 23.2. The van der Waals surface area contributed by atoms with Gasteiger partial charge >= 0.3 is 0 Å². The van der Waals surface area contributed by atoms with Gasteiger partial charge in [0.15, 0.2) is 0 Å². The molecule has 1 aliphatic rings. The molecule has 1 heterocycles. The van der Waals surface area contributed by atoms with E-state index in [0.29, 0.717) is 24.3 Å². The summed E-state index contributed by atoms with van der Waals surface area (Å²) in [5.74, 6) is 0.0982. The predicted octanol–water partition coefficient (Wildman–Crippen LogP) is 0.849. The molecule has 1 aromatic carbocycles. The van der Waals surface area contributed by atoms with Gasteiger partial charge in [-0.1, -0.05) is 6.07 Å². The van der Waals surface area contributed by atoms with E-state index in [1.807, 2.05) is 24.0 Å². The number of nitriles is 1. The number of rotatable bonds is 2. The van der Waals surface area contributed by atoms with Crippen LogP contribution in [0.15, 0.2) is 18.2 Å². The molecule has 1 amide bonds. The zero-order valence-corrected chi connectivity index (χ0v) is 11.2. The largest absolute Gasteiger partial charge is 0.398 e. The third-order valence-corrected chi connectivity index (χ3v) is 3.32. The van der Waals surface area contributed by atoms with E-state index in [1.165, 1.54) is 0 Å². The number of benzene rings is 1. The standard InChI is InChI=1S/C14H18N4O/c1-9-7-18(14(19)10(2)17-9)8-11-3-4-12(6-15)13(16)5-11/h3-5,9-10,17H,7-8,16H2,1-2H3/t9?,10-/m0/s1. The van der Waals surface area contributed by atoms with Crippen molar-refractivity contribution < 1.29 is 4.79 Å². The first kappa shape index (κ1) is 13.4. The monoisotopic (exact) mass is 258 g/mol. The number of nitrogen functional groups attached to an aromatic ring is 1. The molecular weight excluding hydrogens is 240 g/mol. The van der Waals surface area contributed by atoms with E-state index in [0.717, 1.165) is 5.56 Å². The number of hydrogen-bond acceptors (Lipinski definition) is 4. The lowest BCUT2D eigenvalue weighted by Crippen LogP contribution is -2.57. The van der Waals surface area contributed by atoms with Crippen LogP contribution in [-0.4, -0.2) is 29.4 Å². The summed E-state index contributed by atoms with van der Waals surface area (Å²) in [7, 11) is 0. The molecule has 1 fully saturated rings. The maximum atomic E-state index is 12.1. The van der Waals surface area contributed by atoms with Crippen molar-refractivity contribution in [2.45, 2.75) is 32.5 Å². The molecule has 0 saturated carbocycles. The van der Waals surface area contributed by atoms with Crippen molar-refractivity contribution in [1.29, 1.82) is 5.26 Å². The van der Waals surface area contributed by atoms with E-state index in [1.54, 1.807) is 12.1 Å². The third kappa shape index (κ3) is 2.85. The fourth-order valence-corrected chi connectivity index (χ4v) is 2.42. The van der Waals surface area contributed by atoms with E-state index < -0.39 is 0 Å². The number of amides is 1. The molecule has 19 heavy (non-hydrogen) atoms. The van der Waals surface area contributed by atoms with Gasteiger partial charge in [-0.05, 0) is 31.5 Å². The Morgan fingerprint density at radius 2 is 2.26 bits per heavy atom.